The van der Waals surface area contributed by atoms with Gasteiger partial charge in [0.1, 0.15) is 30.0 Å². The first-order valence-corrected chi connectivity index (χ1v) is 14.4. The van der Waals surface area contributed by atoms with E-state index in [1.807, 2.05) is 0 Å². The van der Waals surface area contributed by atoms with Crippen LogP contribution in [0.4, 0.5) is 37.8 Å². The maximum Gasteiger partial charge on any atom is 0.419 e. The number of rotatable bonds is 5. The smallest absolute Gasteiger partial charge is 0.419 e. The lowest BCUT2D eigenvalue weighted by molar-refractivity contribution is -0.142. The molecule has 0 aliphatic carbocycles. The van der Waals surface area contributed by atoms with Crippen molar-refractivity contribution in [2.24, 2.45) is 0 Å². The Kier molecular flexibility index (Phi) is 6.74. The van der Waals surface area contributed by atoms with E-state index in [0.717, 1.165) is 32.2 Å². The van der Waals surface area contributed by atoms with Gasteiger partial charge in [0.25, 0.3) is 0 Å². The van der Waals surface area contributed by atoms with E-state index in [0.29, 0.717) is 49.2 Å². The fourth-order valence-corrected chi connectivity index (χ4v) is 7.62. The van der Waals surface area contributed by atoms with Gasteiger partial charge >= 0.3 is 12.2 Å². The average Bonchev–Trinajstić information content (AvgIpc) is 3.58. The van der Waals surface area contributed by atoms with Gasteiger partial charge in [-0.3, -0.25) is 4.90 Å². The van der Waals surface area contributed by atoms with E-state index >= 15 is 4.39 Å². The molecule has 42 heavy (non-hydrogen) atoms. The number of alkyl halides is 4. The maximum absolute atomic E-state index is 15.1. The Hall–Kier alpha value is -2.84. The van der Waals surface area contributed by atoms with Crippen molar-refractivity contribution < 1.29 is 35.8 Å². The molecule has 2 bridgehead atoms. The molecule has 7 rings (SSSR count). The van der Waals surface area contributed by atoms with Crippen molar-refractivity contribution in [1.82, 2.24) is 20.2 Å². The molecule has 4 saturated heterocycles. The highest BCUT2D eigenvalue weighted by atomic mass is 19.4. The Bertz CT molecular complexity index is 1380. The minimum Gasteiger partial charge on any atom is -0.461 e. The van der Waals surface area contributed by atoms with Crippen LogP contribution in [0.25, 0.3) is 0 Å². The number of nitrogens with two attached hydrogens (primary N) is 1. The van der Waals surface area contributed by atoms with Gasteiger partial charge in [-0.1, -0.05) is 0 Å². The van der Waals surface area contributed by atoms with Crippen molar-refractivity contribution >= 4 is 11.5 Å². The molecule has 0 radical (unpaired) electrons. The van der Waals surface area contributed by atoms with Gasteiger partial charge in [-0.25, -0.2) is 13.2 Å². The summed E-state index contributed by atoms with van der Waals surface area (Å²) in [6.45, 7) is 2.43. The van der Waals surface area contributed by atoms with E-state index in [1.54, 1.807) is 0 Å². The van der Waals surface area contributed by atoms with Gasteiger partial charge < -0.3 is 25.4 Å². The molecule has 228 valence electrons. The molecule has 1 aromatic heterocycles. The van der Waals surface area contributed by atoms with Gasteiger partial charge in [-0.2, -0.15) is 23.1 Å². The lowest BCUT2D eigenvalue weighted by atomic mass is 9.93. The summed E-state index contributed by atoms with van der Waals surface area (Å²) in [6.07, 6.45) is -3.80. The highest BCUT2D eigenvalue weighted by Gasteiger charge is 2.50. The Morgan fingerprint density at radius 1 is 1.14 bits per heavy atom. The Morgan fingerprint density at radius 2 is 1.90 bits per heavy atom. The molecule has 0 amide bonds. The van der Waals surface area contributed by atoms with Gasteiger partial charge in [-0.05, 0) is 32.2 Å². The predicted octanol–water partition coefficient (Wildman–Crippen LogP) is 4.07. The quantitative estimate of drug-likeness (QED) is 0.394. The first kappa shape index (κ1) is 28.0. The largest absolute Gasteiger partial charge is 0.461 e. The second-order valence-electron chi connectivity index (χ2n) is 12.2. The molecular formula is C28H32F6N6O2. The summed E-state index contributed by atoms with van der Waals surface area (Å²) >= 11 is 0. The van der Waals surface area contributed by atoms with E-state index in [2.05, 4.69) is 20.1 Å². The van der Waals surface area contributed by atoms with Crippen molar-refractivity contribution in [3.05, 3.63) is 40.1 Å². The first-order chi connectivity index (χ1) is 20.0. The number of nitrogens with one attached hydrogen (secondary N) is 1. The van der Waals surface area contributed by atoms with Crippen molar-refractivity contribution in [3.63, 3.8) is 0 Å². The number of nitrogens with zero attached hydrogens (tertiary/aromatic N) is 4. The molecule has 8 nitrogen and oxygen atoms in total. The number of nitrogen functional groups attached to an aromatic ring is 1. The van der Waals surface area contributed by atoms with Crippen LogP contribution in [0.3, 0.4) is 0 Å². The number of halogens is 6. The Morgan fingerprint density at radius 3 is 2.64 bits per heavy atom. The molecule has 14 heteroatoms. The molecule has 1 aromatic carbocycles. The fourth-order valence-electron chi connectivity index (χ4n) is 7.62. The minimum absolute atomic E-state index is 0.0223. The van der Waals surface area contributed by atoms with E-state index in [-0.39, 0.29) is 37.7 Å². The average molecular weight is 599 g/mol. The van der Waals surface area contributed by atoms with Crippen LogP contribution < -0.4 is 20.7 Å². The number of hydrogen-bond donors (Lipinski definition) is 2. The molecule has 0 saturated carbocycles. The van der Waals surface area contributed by atoms with Gasteiger partial charge in [0.05, 0.1) is 29.6 Å². The van der Waals surface area contributed by atoms with E-state index in [9.17, 15) is 22.0 Å². The molecule has 6 heterocycles. The molecule has 4 fully saturated rings. The Labute approximate surface area is 238 Å². The van der Waals surface area contributed by atoms with Crippen LogP contribution in [0, 0.1) is 11.6 Å². The summed E-state index contributed by atoms with van der Waals surface area (Å²) in [6, 6.07) is 0.885. The number of benzene rings is 1. The standard InChI is InChI=1S/C28H32F6N6O2/c29-14-8-27(4-1-5-40(27)9-14)13-42-26-37-20-7-21(22-23(28(32,33)34)18(30)6-19(35)24(22)31)41-12-17(20)25(38-26)39-10-15-2-3-16(11-39)36-15/h6,14-16,21,36H,1-5,7-13,35H2. The molecule has 5 atom stereocenters. The summed E-state index contributed by atoms with van der Waals surface area (Å²) in [4.78, 5) is 13.5. The summed E-state index contributed by atoms with van der Waals surface area (Å²) in [5.74, 6) is -2.49. The molecular weight excluding hydrogens is 566 g/mol. The zero-order valence-electron chi connectivity index (χ0n) is 22.8. The van der Waals surface area contributed by atoms with E-state index in [1.165, 1.54) is 0 Å². The lowest BCUT2D eigenvalue weighted by Crippen LogP contribution is -2.52. The van der Waals surface area contributed by atoms with Crippen molar-refractivity contribution in [1.29, 1.82) is 0 Å². The molecule has 5 aliphatic heterocycles. The second-order valence-corrected chi connectivity index (χ2v) is 12.2. The second kappa shape index (κ2) is 10.1. The summed E-state index contributed by atoms with van der Waals surface area (Å²) in [5, 5.41) is 3.56. The molecule has 2 aromatic rings. The molecule has 5 aliphatic rings. The van der Waals surface area contributed by atoms with Crippen molar-refractivity contribution in [2.75, 3.05) is 43.4 Å². The van der Waals surface area contributed by atoms with Crippen LogP contribution in [0.2, 0.25) is 0 Å². The highest BCUT2D eigenvalue weighted by molar-refractivity contribution is 5.54. The third-order valence-electron chi connectivity index (χ3n) is 9.49. The van der Waals surface area contributed by atoms with Gasteiger partial charge in [0.2, 0.25) is 0 Å². The summed E-state index contributed by atoms with van der Waals surface area (Å²) in [7, 11) is 0. The lowest BCUT2D eigenvalue weighted by Gasteiger charge is -2.37. The number of ether oxygens (including phenoxy) is 2. The van der Waals surface area contributed by atoms with Crippen molar-refractivity contribution in [3.8, 4) is 6.01 Å². The number of fused-ring (bicyclic) bond motifs is 4. The molecule has 5 unspecified atom stereocenters. The number of anilines is 2. The molecule has 0 spiro atoms. The first-order valence-electron chi connectivity index (χ1n) is 14.4. The zero-order valence-corrected chi connectivity index (χ0v) is 22.8. The zero-order chi connectivity index (χ0) is 29.4. The van der Waals surface area contributed by atoms with Crippen LogP contribution in [-0.4, -0.2) is 71.4 Å². The minimum atomic E-state index is -5.18. The fraction of sp³-hybridized carbons (Fsp3) is 0.643. The third-order valence-corrected chi connectivity index (χ3v) is 9.49. The predicted molar refractivity (Wildman–Crippen MR) is 140 cm³/mol. The monoisotopic (exact) mass is 598 g/mol. The van der Waals surface area contributed by atoms with Crippen LogP contribution in [-0.2, 0) is 23.9 Å². The van der Waals surface area contributed by atoms with Crippen LogP contribution in [0.15, 0.2) is 6.07 Å². The topological polar surface area (TPSA) is 88.8 Å². The van der Waals surface area contributed by atoms with E-state index in [4.69, 9.17) is 20.2 Å². The van der Waals surface area contributed by atoms with Crippen LogP contribution >= 0.6 is 0 Å². The normalized spacial score (nSPS) is 31.0. The van der Waals surface area contributed by atoms with Crippen LogP contribution in [0.5, 0.6) is 6.01 Å². The highest BCUT2D eigenvalue weighted by Crippen LogP contribution is 2.45. The summed E-state index contributed by atoms with van der Waals surface area (Å²) in [5.41, 5.74) is 2.53. The number of aromatic nitrogens is 2. The van der Waals surface area contributed by atoms with E-state index < -0.39 is 52.4 Å². The SMILES string of the molecule is Nc1cc(F)c(C(F)(F)F)c(C2Cc3nc(OCC45CCCN4CC(F)C5)nc(N4CC5CCC(C4)N5)c3CO2)c1F. The maximum atomic E-state index is 15.1. The van der Waals surface area contributed by atoms with Crippen LogP contribution in [0.1, 0.15) is 60.6 Å². The van der Waals surface area contributed by atoms with Crippen molar-refractivity contribution in [2.45, 2.75) is 81.2 Å². The third kappa shape index (κ3) is 4.75. The number of piperazine rings is 1. The number of hydrogen-bond acceptors (Lipinski definition) is 8. The molecule has 3 N–H and O–H groups in total. The van der Waals surface area contributed by atoms with Gasteiger partial charge in [0.15, 0.2) is 5.82 Å². The van der Waals surface area contributed by atoms with Gasteiger partial charge in [-0.15, -0.1) is 0 Å². The Balaban J connectivity index is 1.25. The summed E-state index contributed by atoms with van der Waals surface area (Å²) < 4.78 is 97.7. The van der Waals surface area contributed by atoms with Gasteiger partial charge in [0, 0.05) is 61.8 Å².